The van der Waals surface area contributed by atoms with E-state index >= 15 is 0 Å². The van der Waals surface area contributed by atoms with Crippen LogP contribution < -0.4 is 4.74 Å². The van der Waals surface area contributed by atoms with Crippen molar-refractivity contribution in [1.29, 1.82) is 0 Å². The van der Waals surface area contributed by atoms with Crippen molar-refractivity contribution in [2.24, 2.45) is 11.8 Å². The van der Waals surface area contributed by atoms with Crippen LogP contribution in [0.25, 0.3) is 27.3 Å². The lowest BCUT2D eigenvalue weighted by molar-refractivity contribution is -0.121. The summed E-state index contributed by atoms with van der Waals surface area (Å²) in [6.45, 7) is 11.6. The van der Waals surface area contributed by atoms with Crippen LogP contribution in [-0.2, 0) is 16.6 Å². The van der Waals surface area contributed by atoms with E-state index in [0.717, 1.165) is 54.3 Å². The number of carbonyl (C=O) groups excluding carboxylic acids is 1. The zero-order valence-corrected chi connectivity index (χ0v) is 19.3. The lowest BCUT2D eigenvalue weighted by Crippen LogP contribution is -2.46. The molecule has 3 atom stereocenters. The van der Waals surface area contributed by atoms with Crippen molar-refractivity contribution in [3.8, 4) is 17.4 Å². The van der Waals surface area contributed by atoms with Crippen molar-refractivity contribution in [3.63, 3.8) is 0 Å². The fourth-order valence-corrected chi connectivity index (χ4v) is 5.75. The van der Waals surface area contributed by atoms with Crippen molar-refractivity contribution >= 4 is 16.7 Å². The number of fused-ring (bicyclic) bond motifs is 4. The summed E-state index contributed by atoms with van der Waals surface area (Å²) in [5.74, 6) is 0.884. The maximum atomic E-state index is 12.8. The summed E-state index contributed by atoms with van der Waals surface area (Å²) in [6.07, 6.45) is 8.34. The topological polar surface area (TPSA) is 82.2 Å². The fourth-order valence-electron chi connectivity index (χ4n) is 5.75. The normalized spacial score (nSPS) is 26.1. The van der Waals surface area contributed by atoms with Gasteiger partial charge in [-0.3, -0.25) is 0 Å². The lowest BCUT2D eigenvalue weighted by atomic mass is 9.58. The quantitative estimate of drug-likeness (QED) is 0.529. The second kappa shape index (κ2) is 7.69. The van der Waals surface area contributed by atoms with Crippen LogP contribution in [0.4, 0.5) is 0 Å². The van der Waals surface area contributed by atoms with Gasteiger partial charge in [0.05, 0.1) is 17.8 Å². The first-order valence-electron chi connectivity index (χ1n) is 11.9. The predicted octanol–water partition coefficient (Wildman–Crippen LogP) is 4.86. The molecule has 0 aliphatic heterocycles. The Labute approximate surface area is 198 Å². The summed E-state index contributed by atoms with van der Waals surface area (Å²) >= 11 is 0. The van der Waals surface area contributed by atoms with Gasteiger partial charge in [-0.1, -0.05) is 38.1 Å². The van der Waals surface area contributed by atoms with E-state index in [9.17, 15) is 4.79 Å². The molecule has 0 unspecified atom stereocenters. The number of ether oxygens (including phenoxy) is 1. The molecule has 0 bridgehead atoms. The van der Waals surface area contributed by atoms with Crippen LogP contribution in [0.3, 0.4) is 0 Å². The molecule has 1 fully saturated rings. The van der Waals surface area contributed by atoms with E-state index in [-0.39, 0.29) is 29.4 Å². The molecule has 2 heterocycles. The molecule has 1 saturated carbocycles. The third-order valence-corrected chi connectivity index (χ3v) is 7.87. The van der Waals surface area contributed by atoms with Crippen LogP contribution in [0, 0.1) is 18.4 Å². The number of nitrogens with zero attached hydrogens (tertiary/aromatic N) is 5. The van der Waals surface area contributed by atoms with Crippen molar-refractivity contribution < 1.29 is 9.53 Å². The molecule has 0 radical (unpaired) electrons. The van der Waals surface area contributed by atoms with Crippen molar-refractivity contribution in [3.05, 3.63) is 65.0 Å². The molecule has 2 aromatic heterocycles. The Kier molecular flexibility index (Phi) is 4.73. The Hall–Kier alpha value is -3.66. The maximum absolute atomic E-state index is 12.8. The van der Waals surface area contributed by atoms with Gasteiger partial charge in [0.2, 0.25) is 11.6 Å². The molecule has 0 spiro atoms. The number of benzene rings is 1. The highest BCUT2D eigenvalue weighted by Crippen LogP contribution is 2.51. The summed E-state index contributed by atoms with van der Waals surface area (Å²) in [5, 5.41) is 0.877. The van der Waals surface area contributed by atoms with Gasteiger partial charge in [0, 0.05) is 22.3 Å². The minimum atomic E-state index is -0.557. The highest BCUT2D eigenvalue weighted by molar-refractivity contribution is 6.00. The number of ketones is 1. The van der Waals surface area contributed by atoms with E-state index in [1.54, 1.807) is 0 Å². The van der Waals surface area contributed by atoms with Crippen LogP contribution in [0.5, 0.6) is 5.88 Å². The average molecular weight is 452 g/mol. The zero-order chi connectivity index (χ0) is 23.4. The van der Waals surface area contributed by atoms with Crippen molar-refractivity contribution in [2.45, 2.75) is 57.5 Å². The summed E-state index contributed by atoms with van der Waals surface area (Å²) in [6, 6.07) is 7.82. The van der Waals surface area contributed by atoms with Crippen LogP contribution in [0.1, 0.15) is 50.8 Å². The first kappa shape index (κ1) is 20.9. The largest absolute Gasteiger partial charge is 0.474 e. The van der Waals surface area contributed by atoms with Gasteiger partial charge in [-0.05, 0) is 44.1 Å². The molecule has 34 heavy (non-hydrogen) atoms. The first-order valence-corrected chi connectivity index (χ1v) is 11.9. The summed E-state index contributed by atoms with van der Waals surface area (Å²) in [4.78, 5) is 35.3. The monoisotopic (exact) mass is 451 g/mol. The number of allylic oxidation sites excluding steroid dienone is 2. The van der Waals surface area contributed by atoms with Gasteiger partial charge < -0.3 is 9.53 Å². The molecule has 3 aliphatic rings. The zero-order valence-electron chi connectivity index (χ0n) is 19.3. The van der Waals surface area contributed by atoms with Gasteiger partial charge in [-0.2, -0.15) is 4.98 Å². The summed E-state index contributed by atoms with van der Waals surface area (Å²) in [5.41, 5.74) is 2.98. The van der Waals surface area contributed by atoms with E-state index in [1.165, 1.54) is 6.33 Å². The Morgan fingerprint density at radius 1 is 1.15 bits per heavy atom. The number of rotatable bonds is 3. The molecule has 170 valence electrons. The number of hydrogen-bond acceptors (Lipinski definition) is 6. The van der Waals surface area contributed by atoms with Gasteiger partial charge in [0.1, 0.15) is 18.1 Å². The minimum absolute atomic E-state index is 0.0667. The predicted molar refractivity (Wildman–Crippen MR) is 127 cm³/mol. The number of carbonyl (C=O) groups is 1. The van der Waals surface area contributed by atoms with E-state index in [4.69, 9.17) is 21.3 Å². The SMILES string of the molecule is [C-]#[N+]C1=C[C@@]2(C)c3nc(-c4ncnc5ccccc45)nc(OC4CCC4)c3CC[C@@H]2[C@@H](C)C1=O. The highest BCUT2D eigenvalue weighted by atomic mass is 16.5. The molecule has 1 aromatic carbocycles. The van der Waals surface area contributed by atoms with Crippen molar-refractivity contribution in [1.82, 2.24) is 19.9 Å². The molecule has 0 N–H and O–H groups in total. The van der Waals surface area contributed by atoms with Crippen LogP contribution in [-0.4, -0.2) is 31.8 Å². The van der Waals surface area contributed by atoms with E-state index < -0.39 is 5.41 Å². The van der Waals surface area contributed by atoms with Gasteiger partial charge in [-0.25, -0.2) is 19.8 Å². The maximum Gasteiger partial charge on any atom is 0.226 e. The lowest BCUT2D eigenvalue weighted by Gasteiger charge is -2.46. The average Bonchev–Trinajstić information content (AvgIpc) is 2.83. The van der Waals surface area contributed by atoms with E-state index in [0.29, 0.717) is 17.4 Å². The smallest absolute Gasteiger partial charge is 0.226 e. The molecule has 3 aliphatic carbocycles. The first-order chi connectivity index (χ1) is 16.5. The Morgan fingerprint density at radius 3 is 2.74 bits per heavy atom. The van der Waals surface area contributed by atoms with Gasteiger partial charge in [0.15, 0.2) is 11.6 Å². The molecular weight excluding hydrogens is 426 g/mol. The van der Waals surface area contributed by atoms with Gasteiger partial charge in [0.25, 0.3) is 0 Å². The molecule has 7 heteroatoms. The summed E-state index contributed by atoms with van der Waals surface area (Å²) < 4.78 is 6.41. The molecular formula is C27H25N5O2. The highest BCUT2D eigenvalue weighted by Gasteiger charge is 2.50. The van der Waals surface area contributed by atoms with E-state index in [2.05, 4.69) is 21.7 Å². The molecule has 6 rings (SSSR count). The molecule has 0 amide bonds. The number of hydrogen-bond donors (Lipinski definition) is 0. The number of aromatic nitrogens is 4. The van der Waals surface area contributed by atoms with Crippen LogP contribution >= 0.6 is 0 Å². The molecule has 0 saturated heterocycles. The third-order valence-electron chi connectivity index (χ3n) is 7.87. The molecule has 7 nitrogen and oxygen atoms in total. The van der Waals surface area contributed by atoms with Gasteiger partial charge >= 0.3 is 0 Å². The van der Waals surface area contributed by atoms with Crippen LogP contribution in [0.2, 0.25) is 0 Å². The van der Waals surface area contributed by atoms with Gasteiger partial charge in [-0.15, -0.1) is 0 Å². The van der Waals surface area contributed by atoms with E-state index in [1.807, 2.05) is 37.3 Å². The molecule has 3 aromatic rings. The van der Waals surface area contributed by atoms with Crippen molar-refractivity contribution in [2.75, 3.05) is 0 Å². The standard InChI is InChI=1S/C27H25N5O2/c1-15-19-12-11-18-24(27(19,2)13-21(28-3)23(15)33)31-25(32-26(18)34-16-7-6-8-16)22-17-9-4-5-10-20(17)29-14-30-22/h4-5,9-10,13-16,19H,6-8,11-12H2,1-2H3/t15-,19-,27-/m1/s1. The second-order valence-electron chi connectivity index (χ2n) is 9.81. The Morgan fingerprint density at radius 2 is 1.97 bits per heavy atom. The fraction of sp³-hybridized carbons (Fsp3) is 0.407. The second-order valence-corrected chi connectivity index (χ2v) is 9.81. The Balaban J connectivity index is 1.60. The van der Waals surface area contributed by atoms with Crippen LogP contribution in [0.15, 0.2) is 42.4 Å². The summed E-state index contributed by atoms with van der Waals surface area (Å²) in [7, 11) is 0. The minimum Gasteiger partial charge on any atom is -0.474 e. The third kappa shape index (κ3) is 3.05. The number of para-hydroxylation sites is 1. The Bertz CT molecular complexity index is 1400. The number of Topliss-reactive ketones (excluding diaryl/α,β-unsaturated/α-hetero) is 1.